The van der Waals surface area contributed by atoms with Crippen molar-refractivity contribution in [3.8, 4) is 0 Å². The van der Waals surface area contributed by atoms with Crippen LogP contribution < -0.4 is 5.73 Å². The summed E-state index contributed by atoms with van der Waals surface area (Å²) < 4.78 is 0. The second-order valence-electron chi connectivity index (χ2n) is 10.6. The maximum Gasteiger partial charge on any atom is 0.00631 e. The van der Waals surface area contributed by atoms with Crippen LogP contribution >= 0.6 is 0 Å². The highest BCUT2D eigenvalue weighted by molar-refractivity contribution is 5.31. The molecule has 2 heteroatoms. The Balaban J connectivity index is 1.45. The van der Waals surface area contributed by atoms with E-state index in [-0.39, 0.29) is 0 Å². The van der Waals surface area contributed by atoms with Crippen LogP contribution in [0.2, 0.25) is 0 Å². The Bertz CT molecular complexity index is 635. The predicted octanol–water partition coefficient (Wildman–Crippen LogP) is 4.58. The molecule has 4 fully saturated rings. The van der Waals surface area contributed by atoms with Gasteiger partial charge in [-0.25, -0.2) is 0 Å². The Kier molecular flexibility index (Phi) is 4.21. The Morgan fingerprint density at radius 1 is 1.08 bits per heavy atom. The summed E-state index contributed by atoms with van der Waals surface area (Å²) in [5.41, 5.74) is 8.87. The molecule has 1 aromatic rings. The van der Waals surface area contributed by atoms with Crippen molar-refractivity contribution in [2.24, 2.45) is 28.9 Å². The molecule has 0 amide bonds. The molecular weight excluding hydrogens is 316 g/mol. The number of hydrogen-bond acceptors (Lipinski definition) is 2. The summed E-state index contributed by atoms with van der Waals surface area (Å²) in [6.07, 6.45) is 11.2. The van der Waals surface area contributed by atoms with Crippen LogP contribution in [0.4, 0.5) is 0 Å². The first-order chi connectivity index (χ1) is 12.6. The summed E-state index contributed by atoms with van der Waals surface area (Å²) >= 11 is 0. The zero-order chi connectivity index (χ0) is 17.8. The molecule has 142 valence electrons. The minimum Gasteiger partial charge on any atom is -0.328 e. The second-order valence-corrected chi connectivity index (χ2v) is 10.6. The molecule has 3 aliphatic carbocycles. The standard InChI is InChI=1S/C24H36N2/c1-23-10-7-22-19(16-26-11-8-21(25)9-12-26)13-18(14-23)15-24(22,17-23)20-5-3-2-4-6-20/h2-6,18-19,21-22H,7-17,25H2,1H3/t18?,19?,22?,23-,24+/m0/s1. The molecule has 1 aliphatic heterocycles. The molecule has 5 rings (SSSR count). The molecule has 2 N–H and O–H groups in total. The number of fused-ring (bicyclic) bond motifs is 2. The van der Waals surface area contributed by atoms with Gasteiger partial charge in [0.15, 0.2) is 0 Å². The maximum absolute atomic E-state index is 6.15. The van der Waals surface area contributed by atoms with E-state index in [0.29, 0.717) is 16.9 Å². The van der Waals surface area contributed by atoms with Gasteiger partial charge in [-0.15, -0.1) is 0 Å². The Morgan fingerprint density at radius 3 is 2.62 bits per heavy atom. The number of nitrogens with zero attached hydrogens (tertiary/aromatic N) is 1. The summed E-state index contributed by atoms with van der Waals surface area (Å²) in [6.45, 7) is 6.38. The van der Waals surface area contributed by atoms with Crippen LogP contribution in [0.1, 0.15) is 63.9 Å². The topological polar surface area (TPSA) is 29.3 Å². The molecule has 26 heavy (non-hydrogen) atoms. The summed E-state index contributed by atoms with van der Waals surface area (Å²) in [4.78, 5) is 2.75. The number of hydrogen-bond donors (Lipinski definition) is 1. The third-order valence-electron chi connectivity index (χ3n) is 8.62. The molecule has 0 spiro atoms. The average molecular weight is 353 g/mol. The van der Waals surface area contributed by atoms with Crippen LogP contribution in [-0.2, 0) is 5.41 Å². The summed E-state index contributed by atoms with van der Waals surface area (Å²) in [5, 5.41) is 0. The highest BCUT2D eigenvalue weighted by atomic mass is 15.1. The van der Waals surface area contributed by atoms with E-state index in [1.807, 2.05) is 0 Å². The summed E-state index contributed by atoms with van der Waals surface area (Å²) in [7, 11) is 0. The van der Waals surface area contributed by atoms with E-state index in [4.69, 9.17) is 5.73 Å². The fraction of sp³-hybridized carbons (Fsp3) is 0.750. The molecule has 1 aromatic carbocycles. The van der Waals surface area contributed by atoms with Crippen molar-refractivity contribution >= 4 is 0 Å². The van der Waals surface area contributed by atoms with E-state index in [0.717, 1.165) is 17.8 Å². The van der Waals surface area contributed by atoms with Crippen molar-refractivity contribution < 1.29 is 0 Å². The van der Waals surface area contributed by atoms with Gasteiger partial charge in [-0.3, -0.25) is 0 Å². The number of piperidine rings is 1. The largest absolute Gasteiger partial charge is 0.328 e. The Hall–Kier alpha value is -0.860. The fourth-order valence-electron chi connectivity index (χ4n) is 7.76. The van der Waals surface area contributed by atoms with Crippen LogP contribution in [-0.4, -0.2) is 30.6 Å². The van der Waals surface area contributed by atoms with Gasteiger partial charge in [0.05, 0.1) is 0 Å². The van der Waals surface area contributed by atoms with Gasteiger partial charge in [-0.1, -0.05) is 37.3 Å². The molecule has 3 unspecified atom stereocenters. The number of rotatable bonds is 3. The molecule has 0 aromatic heterocycles. The highest BCUT2D eigenvalue weighted by Gasteiger charge is 2.59. The van der Waals surface area contributed by atoms with Crippen molar-refractivity contribution in [1.82, 2.24) is 4.90 Å². The maximum atomic E-state index is 6.15. The van der Waals surface area contributed by atoms with E-state index in [1.54, 1.807) is 5.56 Å². The van der Waals surface area contributed by atoms with Crippen LogP contribution in [0, 0.1) is 23.2 Å². The average Bonchev–Trinajstić information content (AvgIpc) is 2.62. The second kappa shape index (κ2) is 6.34. The Morgan fingerprint density at radius 2 is 1.85 bits per heavy atom. The van der Waals surface area contributed by atoms with Gasteiger partial charge in [0.25, 0.3) is 0 Å². The Labute approximate surface area is 159 Å². The third kappa shape index (κ3) is 2.85. The van der Waals surface area contributed by atoms with Crippen molar-refractivity contribution in [2.75, 3.05) is 19.6 Å². The summed E-state index contributed by atoms with van der Waals surface area (Å²) in [5.74, 6) is 2.74. The smallest absolute Gasteiger partial charge is 0.00631 e. The lowest BCUT2D eigenvalue weighted by Crippen LogP contribution is -2.58. The fourth-order valence-corrected chi connectivity index (χ4v) is 7.76. The van der Waals surface area contributed by atoms with Gasteiger partial charge >= 0.3 is 0 Å². The lowest BCUT2D eigenvalue weighted by Gasteiger charge is -2.64. The lowest BCUT2D eigenvalue weighted by molar-refractivity contribution is -0.0871. The van der Waals surface area contributed by atoms with Gasteiger partial charge in [-0.2, -0.15) is 0 Å². The third-order valence-corrected chi connectivity index (χ3v) is 8.62. The van der Waals surface area contributed by atoms with Gasteiger partial charge in [0, 0.05) is 12.6 Å². The zero-order valence-corrected chi connectivity index (χ0v) is 16.5. The first-order valence-electron chi connectivity index (χ1n) is 11.1. The van der Waals surface area contributed by atoms with Gasteiger partial charge in [-0.05, 0) is 98.6 Å². The number of benzene rings is 1. The first kappa shape index (κ1) is 17.3. The monoisotopic (exact) mass is 352 g/mol. The number of likely N-dealkylation sites (tertiary alicyclic amines) is 1. The number of nitrogens with two attached hydrogens (primary N) is 1. The van der Waals surface area contributed by atoms with Crippen molar-refractivity contribution in [3.63, 3.8) is 0 Å². The van der Waals surface area contributed by atoms with E-state index in [2.05, 4.69) is 42.2 Å². The quantitative estimate of drug-likeness (QED) is 0.862. The molecule has 3 saturated carbocycles. The lowest BCUT2D eigenvalue weighted by atomic mass is 9.41. The van der Waals surface area contributed by atoms with E-state index < -0.39 is 0 Å². The highest BCUT2D eigenvalue weighted by Crippen LogP contribution is 2.66. The van der Waals surface area contributed by atoms with Crippen LogP contribution in [0.5, 0.6) is 0 Å². The predicted molar refractivity (Wildman–Crippen MR) is 108 cm³/mol. The van der Waals surface area contributed by atoms with Crippen LogP contribution in [0.3, 0.4) is 0 Å². The van der Waals surface area contributed by atoms with Crippen molar-refractivity contribution in [2.45, 2.75) is 69.7 Å². The molecule has 1 saturated heterocycles. The normalized spacial score (nSPS) is 43.5. The molecule has 2 nitrogen and oxygen atoms in total. The van der Waals surface area contributed by atoms with Crippen molar-refractivity contribution in [1.29, 1.82) is 0 Å². The van der Waals surface area contributed by atoms with E-state index in [1.165, 1.54) is 71.0 Å². The van der Waals surface area contributed by atoms with Gasteiger partial charge in [0.1, 0.15) is 0 Å². The van der Waals surface area contributed by atoms with Crippen LogP contribution in [0.25, 0.3) is 0 Å². The molecule has 0 radical (unpaired) electrons. The minimum atomic E-state index is 0.447. The molecule has 1 heterocycles. The molecule has 3 bridgehead atoms. The van der Waals surface area contributed by atoms with E-state index >= 15 is 0 Å². The molecule has 4 aliphatic rings. The zero-order valence-electron chi connectivity index (χ0n) is 16.5. The first-order valence-corrected chi connectivity index (χ1v) is 11.1. The summed E-state index contributed by atoms with van der Waals surface area (Å²) in [6, 6.07) is 12.1. The molecular formula is C24H36N2. The minimum absolute atomic E-state index is 0.447. The van der Waals surface area contributed by atoms with Gasteiger partial charge in [0.2, 0.25) is 0 Å². The molecule has 5 atom stereocenters. The van der Waals surface area contributed by atoms with Gasteiger partial charge < -0.3 is 10.6 Å². The van der Waals surface area contributed by atoms with Crippen molar-refractivity contribution in [3.05, 3.63) is 35.9 Å². The van der Waals surface area contributed by atoms with E-state index in [9.17, 15) is 0 Å². The SMILES string of the molecule is C[C@]12CCC3C(CN4CCC(N)CC4)CC(C1)C[C@]3(c1ccccc1)C2. The van der Waals surface area contributed by atoms with Crippen LogP contribution in [0.15, 0.2) is 30.3 Å².